The zero-order valence-electron chi connectivity index (χ0n) is 9.60. The summed E-state index contributed by atoms with van der Waals surface area (Å²) in [6.45, 7) is 1.67. The molecular weight excluding hydrogens is 214 g/mol. The second kappa shape index (κ2) is 4.22. The third-order valence-electron chi connectivity index (χ3n) is 3.08. The Balaban J connectivity index is 2.07. The van der Waals surface area contributed by atoms with Gasteiger partial charge in [-0.15, -0.1) is 0 Å². The van der Waals surface area contributed by atoms with Crippen molar-refractivity contribution in [3.63, 3.8) is 0 Å². The summed E-state index contributed by atoms with van der Waals surface area (Å²) >= 11 is 0. The molecule has 1 saturated heterocycles. The van der Waals surface area contributed by atoms with Gasteiger partial charge in [-0.3, -0.25) is 14.9 Å². The van der Waals surface area contributed by atoms with Crippen LogP contribution in [0.1, 0.15) is 12.8 Å². The molecule has 1 aliphatic heterocycles. The van der Waals surface area contributed by atoms with Gasteiger partial charge in [0, 0.05) is 18.1 Å². The smallest absolute Gasteiger partial charge is 0.0873 e. The lowest BCUT2D eigenvalue weighted by molar-refractivity contribution is 0.0782. The van der Waals surface area contributed by atoms with E-state index in [0.29, 0.717) is 0 Å². The molecule has 1 aromatic heterocycles. The van der Waals surface area contributed by atoms with Crippen LogP contribution in [-0.4, -0.2) is 18.1 Å². The Bertz CT molecular complexity index is 535. The van der Waals surface area contributed by atoms with Gasteiger partial charge in [0.2, 0.25) is 0 Å². The standard InChI is InChI=1S/C13H15N3O/c14-13-10-4-3-7-15-11(10)5-6-12(13)16-8-1-2-9-17-16/h3-7H,1-2,8-9,14H2. The lowest BCUT2D eigenvalue weighted by Crippen LogP contribution is -2.30. The summed E-state index contributed by atoms with van der Waals surface area (Å²) in [6, 6.07) is 7.86. The Morgan fingerprint density at radius 2 is 2.18 bits per heavy atom. The van der Waals surface area contributed by atoms with Gasteiger partial charge in [-0.2, -0.15) is 0 Å². The SMILES string of the molecule is Nc1c(N2CCCCO2)ccc2ncccc12. The number of aromatic nitrogens is 1. The summed E-state index contributed by atoms with van der Waals surface area (Å²) in [6.07, 6.45) is 4.04. The van der Waals surface area contributed by atoms with Crippen LogP contribution in [0.5, 0.6) is 0 Å². The van der Waals surface area contributed by atoms with Crippen LogP contribution in [-0.2, 0) is 4.84 Å². The normalized spacial score (nSPS) is 16.4. The first-order chi connectivity index (χ1) is 8.36. The van der Waals surface area contributed by atoms with Crippen molar-refractivity contribution in [1.82, 2.24) is 4.98 Å². The maximum atomic E-state index is 6.19. The van der Waals surface area contributed by atoms with Crippen LogP contribution in [0.3, 0.4) is 0 Å². The monoisotopic (exact) mass is 229 g/mol. The molecule has 1 aliphatic rings. The number of nitrogen functional groups attached to an aromatic ring is 1. The number of hydrogen-bond donors (Lipinski definition) is 1. The summed E-state index contributed by atoms with van der Waals surface area (Å²) in [4.78, 5) is 9.92. The van der Waals surface area contributed by atoms with Gasteiger partial charge in [0.25, 0.3) is 0 Å². The number of anilines is 2. The average molecular weight is 229 g/mol. The molecule has 0 radical (unpaired) electrons. The molecule has 0 saturated carbocycles. The summed E-state index contributed by atoms with van der Waals surface area (Å²) < 4.78 is 0. The zero-order chi connectivity index (χ0) is 11.7. The van der Waals surface area contributed by atoms with Gasteiger partial charge >= 0.3 is 0 Å². The van der Waals surface area contributed by atoms with Crippen LogP contribution in [0, 0.1) is 0 Å². The molecule has 0 spiro atoms. The molecule has 1 aromatic carbocycles. The minimum absolute atomic E-state index is 0.748. The number of rotatable bonds is 1. The Morgan fingerprint density at radius 3 is 3.00 bits per heavy atom. The fraction of sp³-hybridized carbons (Fsp3) is 0.308. The van der Waals surface area contributed by atoms with E-state index in [0.717, 1.165) is 48.3 Å². The van der Waals surface area contributed by atoms with Gasteiger partial charge in [0.05, 0.1) is 23.5 Å². The van der Waals surface area contributed by atoms with Crippen molar-refractivity contribution >= 4 is 22.3 Å². The maximum absolute atomic E-state index is 6.19. The number of hydrogen-bond acceptors (Lipinski definition) is 4. The van der Waals surface area contributed by atoms with Crippen molar-refractivity contribution in [2.24, 2.45) is 0 Å². The summed E-state index contributed by atoms with van der Waals surface area (Å²) in [5, 5.41) is 2.88. The Morgan fingerprint density at radius 1 is 1.24 bits per heavy atom. The molecule has 3 rings (SSSR count). The van der Waals surface area contributed by atoms with Crippen LogP contribution in [0.25, 0.3) is 10.9 Å². The van der Waals surface area contributed by atoms with E-state index in [9.17, 15) is 0 Å². The molecule has 4 nitrogen and oxygen atoms in total. The average Bonchev–Trinajstić information content (AvgIpc) is 2.40. The molecule has 0 unspecified atom stereocenters. The molecule has 1 fully saturated rings. The molecule has 2 N–H and O–H groups in total. The number of fused-ring (bicyclic) bond motifs is 1. The molecule has 17 heavy (non-hydrogen) atoms. The first kappa shape index (κ1) is 10.4. The van der Waals surface area contributed by atoms with Crippen molar-refractivity contribution in [3.05, 3.63) is 30.5 Å². The lowest BCUT2D eigenvalue weighted by Gasteiger charge is -2.29. The van der Waals surface area contributed by atoms with E-state index in [1.165, 1.54) is 0 Å². The minimum Gasteiger partial charge on any atom is -0.396 e. The summed E-state index contributed by atoms with van der Waals surface area (Å²) in [7, 11) is 0. The van der Waals surface area contributed by atoms with Crippen LogP contribution in [0.2, 0.25) is 0 Å². The van der Waals surface area contributed by atoms with Crippen LogP contribution >= 0.6 is 0 Å². The minimum atomic E-state index is 0.748. The number of nitrogens with zero attached hydrogens (tertiary/aromatic N) is 2. The number of nitrogens with two attached hydrogens (primary N) is 1. The first-order valence-electron chi connectivity index (χ1n) is 5.90. The van der Waals surface area contributed by atoms with Crippen molar-refractivity contribution < 1.29 is 4.84 Å². The quantitative estimate of drug-likeness (QED) is 0.763. The molecule has 88 valence electrons. The van der Waals surface area contributed by atoms with Gasteiger partial charge in [-0.05, 0) is 37.1 Å². The van der Waals surface area contributed by atoms with E-state index in [1.54, 1.807) is 6.20 Å². The van der Waals surface area contributed by atoms with E-state index in [4.69, 9.17) is 10.6 Å². The van der Waals surface area contributed by atoms with Crippen molar-refractivity contribution in [2.75, 3.05) is 23.9 Å². The fourth-order valence-electron chi connectivity index (χ4n) is 2.17. The second-order valence-corrected chi connectivity index (χ2v) is 4.21. The summed E-state index contributed by atoms with van der Waals surface area (Å²) in [5.41, 5.74) is 8.81. The van der Waals surface area contributed by atoms with Crippen LogP contribution in [0.15, 0.2) is 30.5 Å². The maximum Gasteiger partial charge on any atom is 0.0873 e. The Kier molecular flexibility index (Phi) is 2.57. The van der Waals surface area contributed by atoms with Gasteiger partial charge in [0.15, 0.2) is 0 Å². The van der Waals surface area contributed by atoms with E-state index < -0.39 is 0 Å². The predicted octanol–water partition coefficient (Wildman–Crippen LogP) is 2.35. The zero-order valence-corrected chi connectivity index (χ0v) is 9.60. The van der Waals surface area contributed by atoms with Crippen molar-refractivity contribution in [2.45, 2.75) is 12.8 Å². The highest BCUT2D eigenvalue weighted by Crippen LogP contribution is 2.31. The third kappa shape index (κ3) is 1.80. The summed E-state index contributed by atoms with van der Waals surface area (Å²) in [5.74, 6) is 0. The second-order valence-electron chi connectivity index (χ2n) is 4.21. The number of hydroxylamine groups is 1. The molecule has 2 aromatic rings. The largest absolute Gasteiger partial charge is 0.396 e. The highest BCUT2D eigenvalue weighted by atomic mass is 16.7. The Hall–Kier alpha value is -1.81. The first-order valence-corrected chi connectivity index (χ1v) is 5.90. The van der Waals surface area contributed by atoms with E-state index >= 15 is 0 Å². The van der Waals surface area contributed by atoms with Crippen LogP contribution in [0.4, 0.5) is 11.4 Å². The highest BCUT2D eigenvalue weighted by Gasteiger charge is 2.15. The van der Waals surface area contributed by atoms with Gasteiger partial charge in [-0.25, -0.2) is 0 Å². The van der Waals surface area contributed by atoms with E-state index in [-0.39, 0.29) is 0 Å². The lowest BCUT2D eigenvalue weighted by atomic mass is 10.1. The molecule has 0 bridgehead atoms. The number of benzene rings is 1. The molecular formula is C13H15N3O. The van der Waals surface area contributed by atoms with E-state index in [1.807, 2.05) is 29.3 Å². The van der Waals surface area contributed by atoms with Crippen LogP contribution < -0.4 is 10.8 Å². The number of pyridine rings is 1. The van der Waals surface area contributed by atoms with Crippen molar-refractivity contribution in [3.8, 4) is 0 Å². The Labute approximate surface area is 100.0 Å². The fourth-order valence-corrected chi connectivity index (χ4v) is 2.17. The van der Waals surface area contributed by atoms with E-state index in [2.05, 4.69) is 4.98 Å². The highest BCUT2D eigenvalue weighted by molar-refractivity contribution is 5.96. The third-order valence-corrected chi connectivity index (χ3v) is 3.08. The molecule has 4 heteroatoms. The van der Waals surface area contributed by atoms with Crippen molar-refractivity contribution in [1.29, 1.82) is 0 Å². The van der Waals surface area contributed by atoms with Gasteiger partial charge < -0.3 is 5.73 Å². The van der Waals surface area contributed by atoms with Gasteiger partial charge in [-0.1, -0.05) is 0 Å². The topological polar surface area (TPSA) is 51.4 Å². The molecule has 2 heterocycles. The molecule has 0 atom stereocenters. The molecule has 0 amide bonds. The molecule has 0 aliphatic carbocycles. The predicted molar refractivity (Wildman–Crippen MR) is 68.7 cm³/mol. The van der Waals surface area contributed by atoms with Gasteiger partial charge in [0.1, 0.15) is 0 Å².